The summed E-state index contributed by atoms with van der Waals surface area (Å²) in [7, 11) is 0. The highest BCUT2D eigenvalue weighted by molar-refractivity contribution is 5.16. The van der Waals surface area contributed by atoms with Crippen LogP contribution in [0.25, 0.3) is 0 Å². The average Bonchev–Trinajstić information content (AvgIpc) is 3.17. The molecule has 18 heavy (non-hydrogen) atoms. The Kier molecular flexibility index (Phi) is 3.69. The van der Waals surface area contributed by atoms with E-state index in [1.165, 1.54) is 56.3 Å². The molecule has 1 N–H and O–H groups in total. The molecule has 0 aromatic carbocycles. The maximum absolute atomic E-state index is 4.60. The molecule has 1 aromatic rings. The minimum absolute atomic E-state index is 0.671. The molecule has 2 aliphatic rings. The van der Waals surface area contributed by atoms with Crippen molar-refractivity contribution in [2.75, 3.05) is 6.54 Å². The van der Waals surface area contributed by atoms with E-state index in [0.29, 0.717) is 6.04 Å². The van der Waals surface area contributed by atoms with Crippen LogP contribution >= 0.6 is 0 Å². The molecule has 3 rings (SSSR count). The molecular formula is C15H25N3. The van der Waals surface area contributed by atoms with Gasteiger partial charge in [-0.05, 0) is 57.4 Å². The van der Waals surface area contributed by atoms with Gasteiger partial charge in [-0.3, -0.25) is 0 Å². The van der Waals surface area contributed by atoms with Gasteiger partial charge in [-0.2, -0.15) is 0 Å². The Morgan fingerprint density at radius 3 is 3.00 bits per heavy atom. The van der Waals surface area contributed by atoms with Crippen LogP contribution in [-0.4, -0.2) is 22.1 Å². The van der Waals surface area contributed by atoms with Crippen molar-refractivity contribution in [1.29, 1.82) is 0 Å². The zero-order chi connectivity index (χ0) is 12.4. The first kappa shape index (κ1) is 12.2. The van der Waals surface area contributed by atoms with Crippen LogP contribution in [0.2, 0.25) is 0 Å². The number of rotatable bonds is 6. The predicted octanol–water partition coefficient (Wildman–Crippen LogP) is 2.54. The summed E-state index contributed by atoms with van der Waals surface area (Å²) in [6, 6.07) is 0.671. The van der Waals surface area contributed by atoms with Crippen LogP contribution in [0.4, 0.5) is 0 Å². The van der Waals surface area contributed by atoms with Crippen molar-refractivity contribution in [1.82, 2.24) is 14.9 Å². The largest absolute Gasteiger partial charge is 0.333 e. The fourth-order valence-electron chi connectivity index (χ4n) is 3.11. The van der Waals surface area contributed by atoms with Gasteiger partial charge >= 0.3 is 0 Å². The van der Waals surface area contributed by atoms with Gasteiger partial charge in [0.2, 0.25) is 0 Å². The Bertz CT molecular complexity index is 392. The van der Waals surface area contributed by atoms with Gasteiger partial charge in [0.15, 0.2) is 0 Å². The quantitative estimate of drug-likeness (QED) is 0.837. The van der Waals surface area contributed by atoms with Gasteiger partial charge in [0.25, 0.3) is 0 Å². The molecule has 1 atom stereocenters. The van der Waals surface area contributed by atoms with Crippen LogP contribution in [0.5, 0.6) is 0 Å². The number of hydrogen-bond donors (Lipinski definition) is 1. The van der Waals surface area contributed by atoms with E-state index < -0.39 is 0 Å². The Morgan fingerprint density at radius 1 is 1.39 bits per heavy atom. The molecule has 0 radical (unpaired) electrons. The fraction of sp³-hybridized carbons (Fsp3) is 0.800. The van der Waals surface area contributed by atoms with Crippen molar-refractivity contribution in [3.05, 3.63) is 17.7 Å². The molecule has 1 unspecified atom stereocenters. The highest BCUT2D eigenvalue weighted by Gasteiger charge is 2.31. The van der Waals surface area contributed by atoms with Crippen LogP contribution in [0.1, 0.15) is 50.4 Å². The molecule has 1 saturated carbocycles. The second kappa shape index (κ2) is 5.43. The summed E-state index contributed by atoms with van der Waals surface area (Å²) in [6.45, 7) is 4.53. The van der Waals surface area contributed by atoms with Gasteiger partial charge in [-0.25, -0.2) is 4.98 Å². The number of aromatic nitrogens is 2. The van der Waals surface area contributed by atoms with Gasteiger partial charge in [-0.15, -0.1) is 0 Å². The third-order valence-corrected chi connectivity index (χ3v) is 4.35. The topological polar surface area (TPSA) is 29.9 Å². The van der Waals surface area contributed by atoms with Crippen molar-refractivity contribution in [2.45, 2.75) is 64.5 Å². The SMILES string of the molecule is CCCNC(Cn1cnc2c1CCCC2)C1CC1. The molecule has 0 bridgehead atoms. The minimum atomic E-state index is 0.671. The van der Waals surface area contributed by atoms with Crippen molar-refractivity contribution in [3.63, 3.8) is 0 Å². The monoisotopic (exact) mass is 247 g/mol. The standard InChI is InChI=1S/C15H25N3/c1-2-9-16-14(12-7-8-12)10-18-11-17-13-5-3-4-6-15(13)18/h11-12,14,16H,2-10H2,1H3. The van der Waals surface area contributed by atoms with Crippen molar-refractivity contribution >= 4 is 0 Å². The molecule has 3 nitrogen and oxygen atoms in total. The minimum Gasteiger partial charge on any atom is -0.333 e. The van der Waals surface area contributed by atoms with E-state index in [2.05, 4.69) is 28.1 Å². The maximum atomic E-state index is 4.60. The van der Waals surface area contributed by atoms with Crippen molar-refractivity contribution in [3.8, 4) is 0 Å². The normalized spacial score (nSPS) is 20.7. The number of nitrogens with zero attached hydrogens (tertiary/aromatic N) is 2. The Morgan fingerprint density at radius 2 is 2.22 bits per heavy atom. The smallest absolute Gasteiger partial charge is 0.0952 e. The van der Waals surface area contributed by atoms with E-state index in [9.17, 15) is 0 Å². The molecule has 0 aliphatic heterocycles. The average molecular weight is 247 g/mol. The molecule has 1 fully saturated rings. The van der Waals surface area contributed by atoms with E-state index in [-0.39, 0.29) is 0 Å². The fourth-order valence-corrected chi connectivity index (χ4v) is 3.11. The number of imidazole rings is 1. The van der Waals surface area contributed by atoms with Crippen LogP contribution in [0.3, 0.4) is 0 Å². The lowest BCUT2D eigenvalue weighted by Crippen LogP contribution is -2.36. The predicted molar refractivity (Wildman–Crippen MR) is 73.7 cm³/mol. The van der Waals surface area contributed by atoms with Crippen LogP contribution in [-0.2, 0) is 19.4 Å². The van der Waals surface area contributed by atoms with Crippen LogP contribution in [0.15, 0.2) is 6.33 Å². The summed E-state index contributed by atoms with van der Waals surface area (Å²) in [6.07, 6.45) is 11.2. The molecule has 100 valence electrons. The number of aryl methyl sites for hydroxylation is 1. The molecule has 0 spiro atoms. The van der Waals surface area contributed by atoms with Crippen molar-refractivity contribution in [2.24, 2.45) is 5.92 Å². The van der Waals surface area contributed by atoms with Gasteiger partial charge < -0.3 is 9.88 Å². The molecule has 0 saturated heterocycles. The maximum Gasteiger partial charge on any atom is 0.0952 e. The van der Waals surface area contributed by atoms with E-state index in [1.54, 1.807) is 0 Å². The summed E-state index contributed by atoms with van der Waals surface area (Å²) >= 11 is 0. The third kappa shape index (κ3) is 2.61. The first-order valence-corrected chi connectivity index (χ1v) is 7.64. The van der Waals surface area contributed by atoms with Gasteiger partial charge in [0, 0.05) is 18.3 Å². The Hall–Kier alpha value is -0.830. The zero-order valence-corrected chi connectivity index (χ0v) is 11.5. The zero-order valence-electron chi connectivity index (χ0n) is 11.5. The lowest BCUT2D eigenvalue weighted by Gasteiger charge is -2.21. The Balaban J connectivity index is 1.68. The highest BCUT2D eigenvalue weighted by atomic mass is 15.1. The summed E-state index contributed by atoms with van der Waals surface area (Å²) in [5.41, 5.74) is 2.89. The molecule has 3 heteroatoms. The van der Waals surface area contributed by atoms with Crippen LogP contribution < -0.4 is 5.32 Å². The van der Waals surface area contributed by atoms with Gasteiger partial charge in [0.1, 0.15) is 0 Å². The first-order chi connectivity index (χ1) is 8.88. The summed E-state index contributed by atoms with van der Waals surface area (Å²) in [5, 5.41) is 3.73. The third-order valence-electron chi connectivity index (χ3n) is 4.35. The number of fused-ring (bicyclic) bond motifs is 1. The lowest BCUT2D eigenvalue weighted by molar-refractivity contribution is 0.400. The summed E-state index contributed by atoms with van der Waals surface area (Å²) < 4.78 is 2.43. The van der Waals surface area contributed by atoms with Crippen LogP contribution in [0, 0.1) is 5.92 Å². The second-order valence-electron chi connectivity index (χ2n) is 5.90. The van der Waals surface area contributed by atoms with E-state index >= 15 is 0 Å². The molecular weight excluding hydrogens is 222 g/mol. The van der Waals surface area contributed by atoms with E-state index in [1.807, 2.05) is 0 Å². The van der Waals surface area contributed by atoms with Gasteiger partial charge in [-0.1, -0.05) is 6.92 Å². The van der Waals surface area contributed by atoms with Gasteiger partial charge in [0.05, 0.1) is 12.0 Å². The summed E-state index contributed by atoms with van der Waals surface area (Å²) in [4.78, 5) is 4.60. The molecule has 2 aliphatic carbocycles. The second-order valence-corrected chi connectivity index (χ2v) is 5.90. The lowest BCUT2D eigenvalue weighted by atomic mass is 10.0. The van der Waals surface area contributed by atoms with E-state index in [0.717, 1.165) is 19.0 Å². The number of hydrogen-bond acceptors (Lipinski definition) is 2. The van der Waals surface area contributed by atoms with Crippen molar-refractivity contribution < 1.29 is 0 Å². The first-order valence-electron chi connectivity index (χ1n) is 7.64. The molecule has 1 aromatic heterocycles. The Labute approximate surface area is 110 Å². The molecule has 1 heterocycles. The molecule has 0 amide bonds. The number of nitrogens with one attached hydrogen (secondary N) is 1. The van der Waals surface area contributed by atoms with E-state index in [4.69, 9.17) is 0 Å². The summed E-state index contributed by atoms with van der Waals surface area (Å²) in [5.74, 6) is 0.915. The highest BCUT2D eigenvalue weighted by Crippen LogP contribution is 2.34.